The predicted octanol–water partition coefficient (Wildman–Crippen LogP) is 3.78. The second kappa shape index (κ2) is 8.48. The summed E-state index contributed by atoms with van der Waals surface area (Å²) in [6.45, 7) is 5.30. The Morgan fingerprint density at radius 1 is 1.28 bits per heavy atom. The lowest BCUT2D eigenvalue weighted by molar-refractivity contribution is -0.119. The minimum atomic E-state index is -0.619. The van der Waals surface area contributed by atoms with Gasteiger partial charge >= 0.3 is 5.97 Å². The molecule has 9 heteroatoms. The van der Waals surface area contributed by atoms with Crippen LogP contribution in [0.4, 0.5) is 5.69 Å². The number of amides is 1. The first-order valence-electron chi connectivity index (χ1n) is 8.95. The molecule has 152 valence electrons. The fraction of sp³-hybridized carbons (Fsp3) is 0.300. The summed E-state index contributed by atoms with van der Waals surface area (Å²) in [5.41, 5.74) is 2.05. The van der Waals surface area contributed by atoms with Crippen LogP contribution < -0.4 is 10.1 Å². The first-order chi connectivity index (χ1) is 13.8. The Hall–Kier alpha value is -3.13. The molecule has 0 fully saturated rings. The molecule has 1 aromatic carbocycles. The van der Waals surface area contributed by atoms with Crippen LogP contribution in [0.5, 0.6) is 5.75 Å². The average Bonchev–Trinajstić information content (AvgIpc) is 3.09. The molecule has 0 bridgehead atoms. The standard InChI is InChI=1S/C20H21ClN4O4/c1-11(2)25-19-15(9-22-25)14(7-12(3)23-19)20(27)29-10-18(26)24-13-5-6-17(28-4)16(21)8-13/h5-9,11H,10H2,1-4H3,(H,24,26). The summed E-state index contributed by atoms with van der Waals surface area (Å²) >= 11 is 6.04. The summed E-state index contributed by atoms with van der Waals surface area (Å²) in [6, 6.07) is 6.54. The first-order valence-corrected chi connectivity index (χ1v) is 9.33. The molecule has 2 heterocycles. The van der Waals surface area contributed by atoms with Gasteiger partial charge in [0.15, 0.2) is 12.3 Å². The number of rotatable bonds is 6. The molecular formula is C20H21ClN4O4. The third-order valence-corrected chi connectivity index (χ3v) is 4.47. The number of benzene rings is 1. The van der Waals surface area contributed by atoms with E-state index in [2.05, 4.69) is 15.4 Å². The minimum Gasteiger partial charge on any atom is -0.495 e. The number of anilines is 1. The smallest absolute Gasteiger partial charge is 0.339 e. The molecule has 29 heavy (non-hydrogen) atoms. The van der Waals surface area contributed by atoms with Crippen LogP contribution in [0.1, 0.15) is 35.9 Å². The summed E-state index contributed by atoms with van der Waals surface area (Å²) in [5, 5.41) is 7.86. The van der Waals surface area contributed by atoms with E-state index < -0.39 is 18.5 Å². The Kier molecular flexibility index (Phi) is 6.03. The Balaban J connectivity index is 1.71. The molecule has 0 spiro atoms. The van der Waals surface area contributed by atoms with Crippen molar-refractivity contribution in [2.24, 2.45) is 0 Å². The molecule has 0 saturated heterocycles. The number of nitrogens with zero attached hydrogens (tertiary/aromatic N) is 3. The Bertz CT molecular complexity index is 1080. The van der Waals surface area contributed by atoms with Crippen LogP contribution in [-0.4, -0.2) is 40.4 Å². The maximum Gasteiger partial charge on any atom is 0.339 e. The van der Waals surface area contributed by atoms with Crippen molar-refractivity contribution in [1.82, 2.24) is 14.8 Å². The van der Waals surface area contributed by atoms with Crippen molar-refractivity contribution in [3.05, 3.63) is 46.7 Å². The third-order valence-electron chi connectivity index (χ3n) is 4.17. The minimum absolute atomic E-state index is 0.0905. The molecule has 0 unspecified atom stereocenters. The number of aromatic nitrogens is 3. The SMILES string of the molecule is COc1ccc(NC(=O)COC(=O)c2cc(C)nc3c2cnn3C(C)C)cc1Cl. The lowest BCUT2D eigenvalue weighted by atomic mass is 10.1. The molecule has 1 amide bonds. The second-order valence-corrected chi connectivity index (χ2v) is 7.11. The molecule has 3 aromatic rings. The van der Waals surface area contributed by atoms with E-state index in [4.69, 9.17) is 21.1 Å². The second-order valence-electron chi connectivity index (χ2n) is 6.71. The van der Waals surface area contributed by atoms with Gasteiger partial charge in [-0.2, -0.15) is 5.10 Å². The molecule has 0 atom stereocenters. The number of ether oxygens (including phenoxy) is 2. The number of halogens is 1. The highest BCUT2D eigenvalue weighted by atomic mass is 35.5. The monoisotopic (exact) mass is 416 g/mol. The number of nitrogens with one attached hydrogen (secondary N) is 1. The van der Waals surface area contributed by atoms with Crippen molar-refractivity contribution in [1.29, 1.82) is 0 Å². The van der Waals surface area contributed by atoms with Crippen molar-refractivity contribution < 1.29 is 19.1 Å². The average molecular weight is 417 g/mol. The highest BCUT2D eigenvalue weighted by Gasteiger charge is 2.19. The van der Waals surface area contributed by atoms with E-state index in [9.17, 15) is 9.59 Å². The van der Waals surface area contributed by atoms with Gasteiger partial charge in [0.1, 0.15) is 5.75 Å². The maximum absolute atomic E-state index is 12.6. The number of pyridine rings is 1. The van der Waals surface area contributed by atoms with Crippen molar-refractivity contribution in [2.75, 3.05) is 19.0 Å². The van der Waals surface area contributed by atoms with E-state index in [1.807, 2.05) is 13.8 Å². The number of hydrogen-bond donors (Lipinski definition) is 1. The number of esters is 1. The van der Waals surface area contributed by atoms with Gasteiger partial charge in [-0.15, -0.1) is 0 Å². The fourth-order valence-electron chi connectivity index (χ4n) is 2.84. The molecule has 2 aromatic heterocycles. The van der Waals surface area contributed by atoms with Gasteiger partial charge in [-0.1, -0.05) is 11.6 Å². The van der Waals surface area contributed by atoms with Crippen LogP contribution in [0, 0.1) is 6.92 Å². The Morgan fingerprint density at radius 3 is 2.69 bits per heavy atom. The molecular weight excluding hydrogens is 396 g/mol. The van der Waals surface area contributed by atoms with E-state index in [0.29, 0.717) is 38.8 Å². The van der Waals surface area contributed by atoms with Crippen LogP contribution in [0.2, 0.25) is 5.02 Å². The number of hydrogen-bond acceptors (Lipinski definition) is 6. The van der Waals surface area contributed by atoms with Gasteiger partial charge < -0.3 is 14.8 Å². The van der Waals surface area contributed by atoms with Gasteiger partial charge in [-0.3, -0.25) is 4.79 Å². The lowest BCUT2D eigenvalue weighted by Gasteiger charge is -2.10. The van der Waals surface area contributed by atoms with Crippen molar-refractivity contribution in [2.45, 2.75) is 26.8 Å². The summed E-state index contributed by atoms with van der Waals surface area (Å²) in [5.74, 6) is -0.610. The van der Waals surface area contributed by atoms with Crippen molar-refractivity contribution in [3.63, 3.8) is 0 Å². The highest BCUT2D eigenvalue weighted by Crippen LogP contribution is 2.27. The van der Waals surface area contributed by atoms with E-state index in [1.165, 1.54) is 7.11 Å². The van der Waals surface area contributed by atoms with E-state index in [1.54, 1.807) is 42.1 Å². The molecule has 0 radical (unpaired) electrons. The van der Waals surface area contributed by atoms with Gasteiger partial charge in [-0.05, 0) is 45.0 Å². The molecule has 0 aliphatic carbocycles. The zero-order chi connectivity index (χ0) is 21.1. The van der Waals surface area contributed by atoms with Crippen LogP contribution in [0.15, 0.2) is 30.5 Å². The normalized spacial score (nSPS) is 11.0. The summed E-state index contributed by atoms with van der Waals surface area (Å²) in [7, 11) is 1.50. The quantitative estimate of drug-likeness (QED) is 0.614. The van der Waals surface area contributed by atoms with Gasteiger partial charge in [-0.25, -0.2) is 14.5 Å². The summed E-state index contributed by atoms with van der Waals surface area (Å²) in [4.78, 5) is 29.2. The number of methoxy groups -OCH3 is 1. The van der Waals surface area contributed by atoms with Crippen LogP contribution in [-0.2, 0) is 9.53 Å². The third kappa shape index (κ3) is 4.48. The Labute approximate surface area is 172 Å². The number of carbonyl (C=O) groups excluding carboxylic acids is 2. The number of aryl methyl sites for hydroxylation is 1. The number of fused-ring (bicyclic) bond motifs is 1. The maximum atomic E-state index is 12.6. The Morgan fingerprint density at radius 2 is 2.03 bits per heavy atom. The van der Waals surface area contributed by atoms with Gasteiger partial charge in [0, 0.05) is 17.4 Å². The molecule has 0 aliphatic rings. The topological polar surface area (TPSA) is 95.3 Å². The van der Waals surface area contributed by atoms with Crippen molar-refractivity contribution in [3.8, 4) is 5.75 Å². The van der Waals surface area contributed by atoms with Gasteiger partial charge in [0.25, 0.3) is 5.91 Å². The van der Waals surface area contributed by atoms with Gasteiger partial charge in [0.2, 0.25) is 0 Å². The molecule has 1 N–H and O–H groups in total. The zero-order valence-corrected chi connectivity index (χ0v) is 17.3. The summed E-state index contributed by atoms with van der Waals surface area (Å²) in [6.07, 6.45) is 1.58. The molecule has 8 nitrogen and oxygen atoms in total. The van der Waals surface area contributed by atoms with Crippen LogP contribution >= 0.6 is 11.6 Å². The molecule has 0 aliphatic heterocycles. The molecule has 3 rings (SSSR count). The first kappa shape index (κ1) is 20.6. The number of carbonyl (C=O) groups is 2. The fourth-order valence-corrected chi connectivity index (χ4v) is 3.10. The zero-order valence-electron chi connectivity index (χ0n) is 16.5. The van der Waals surface area contributed by atoms with Crippen molar-refractivity contribution >= 4 is 40.2 Å². The van der Waals surface area contributed by atoms with E-state index >= 15 is 0 Å². The van der Waals surface area contributed by atoms with Crippen LogP contribution in [0.3, 0.4) is 0 Å². The molecule has 0 saturated carbocycles. The lowest BCUT2D eigenvalue weighted by Crippen LogP contribution is -2.21. The largest absolute Gasteiger partial charge is 0.495 e. The highest BCUT2D eigenvalue weighted by molar-refractivity contribution is 6.32. The van der Waals surface area contributed by atoms with E-state index in [-0.39, 0.29) is 6.04 Å². The summed E-state index contributed by atoms with van der Waals surface area (Å²) < 4.78 is 12.0. The predicted molar refractivity (Wildman–Crippen MR) is 110 cm³/mol. The van der Waals surface area contributed by atoms with E-state index in [0.717, 1.165) is 0 Å². The van der Waals surface area contributed by atoms with Gasteiger partial charge in [0.05, 0.1) is 29.3 Å². The van der Waals surface area contributed by atoms with Crippen LogP contribution in [0.25, 0.3) is 11.0 Å².